The molecule has 1 fully saturated rings. The molecular formula is C21H23F3N4O. The summed E-state index contributed by atoms with van der Waals surface area (Å²) >= 11 is 0. The highest BCUT2D eigenvalue weighted by molar-refractivity contribution is 5.96. The van der Waals surface area contributed by atoms with Gasteiger partial charge in [-0.05, 0) is 43.4 Å². The first-order valence-electron chi connectivity index (χ1n) is 9.70. The van der Waals surface area contributed by atoms with Gasteiger partial charge >= 0.3 is 6.18 Å². The van der Waals surface area contributed by atoms with Crippen LogP contribution in [-0.2, 0) is 18.0 Å². The van der Waals surface area contributed by atoms with Gasteiger partial charge in [0.2, 0.25) is 5.95 Å². The molecule has 1 aliphatic carbocycles. The summed E-state index contributed by atoms with van der Waals surface area (Å²) in [6, 6.07) is 5.02. The van der Waals surface area contributed by atoms with Gasteiger partial charge in [0.15, 0.2) is 0 Å². The fourth-order valence-electron chi connectivity index (χ4n) is 4.54. The number of anilines is 1. The van der Waals surface area contributed by atoms with Gasteiger partial charge in [-0.25, -0.2) is 9.97 Å². The Morgan fingerprint density at radius 3 is 2.69 bits per heavy atom. The molecule has 2 aliphatic rings. The predicted octanol–water partition coefficient (Wildman–Crippen LogP) is 3.68. The van der Waals surface area contributed by atoms with Crippen molar-refractivity contribution in [3.63, 3.8) is 0 Å². The van der Waals surface area contributed by atoms with Crippen molar-refractivity contribution in [3.8, 4) is 0 Å². The highest BCUT2D eigenvalue weighted by Gasteiger charge is 2.45. The van der Waals surface area contributed by atoms with Crippen LogP contribution in [0.3, 0.4) is 0 Å². The third kappa shape index (κ3) is 3.45. The maximum atomic E-state index is 13.4. The van der Waals surface area contributed by atoms with Crippen LogP contribution in [0.4, 0.5) is 19.1 Å². The number of hydrogen-bond donors (Lipinski definition) is 0. The summed E-state index contributed by atoms with van der Waals surface area (Å²) < 4.78 is 40.2. The number of carbonyl (C=O) groups excluding carboxylic acids is 1. The minimum Gasteiger partial charge on any atom is -0.347 e. The number of rotatable bonds is 2. The Labute approximate surface area is 167 Å². The molecule has 2 heterocycles. The standard InChI is InChI=1S/C21H23F3N4O/c1-27(2)19-25-12-14-8-10-20(17(14)26-19)9-5-11-28(13-20)18(29)15-6-3-4-7-16(15)21(22,23)24/h3-4,6-7,12H,5,8-11,13H2,1-2H3. The molecule has 1 aromatic heterocycles. The maximum Gasteiger partial charge on any atom is 0.417 e. The van der Waals surface area contributed by atoms with E-state index in [9.17, 15) is 18.0 Å². The van der Waals surface area contributed by atoms with Crippen molar-refractivity contribution in [1.82, 2.24) is 14.9 Å². The first-order valence-corrected chi connectivity index (χ1v) is 9.70. The number of amides is 1. The first-order chi connectivity index (χ1) is 13.7. The van der Waals surface area contributed by atoms with Crippen molar-refractivity contribution in [3.05, 3.63) is 52.8 Å². The third-order valence-corrected chi connectivity index (χ3v) is 5.95. The number of benzene rings is 1. The van der Waals surface area contributed by atoms with Crippen LogP contribution in [0, 0.1) is 0 Å². The zero-order valence-electron chi connectivity index (χ0n) is 16.5. The van der Waals surface area contributed by atoms with Gasteiger partial charge in [-0.3, -0.25) is 4.79 Å². The van der Waals surface area contributed by atoms with Crippen LogP contribution in [-0.4, -0.2) is 48.0 Å². The number of likely N-dealkylation sites (tertiary alicyclic amines) is 1. The van der Waals surface area contributed by atoms with E-state index in [0.29, 0.717) is 19.0 Å². The van der Waals surface area contributed by atoms with E-state index in [1.165, 1.54) is 18.2 Å². The maximum absolute atomic E-state index is 13.4. The number of aromatic nitrogens is 2. The second-order valence-corrected chi connectivity index (χ2v) is 8.09. The molecule has 5 nitrogen and oxygen atoms in total. The molecule has 29 heavy (non-hydrogen) atoms. The molecule has 8 heteroatoms. The van der Waals surface area contributed by atoms with E-state index >= 15 is 0 Å². The number of nitrogens with zero attached hydrogens (tertiary/aromatic N) is 4. The second kappa shape index (κ2) is 7.00. The van der Waals surface area contributed by atoms with Crippen molar-refractivity contribution < 1.29 is 18.0 Å². The molecule has 0 bridgehead atoms. The summed E-state index contributed by atoms with van der Waals surface area (Å²) in [4.78, 5) is 25.6. The van der Waals surface area contributed by atoms with Crippen molar-refractivity contribution >= 4 is 11.9 Å². The summed E-state index contributed by atoms with van der Waals surface area (Å²) in [6.07, 6.45) is 0.539. The zero-order chi connectivity index (χ0) is 20.8. The number of alkyl halides is 3. The number of halogens is 3. The highest BCUT2D eigenvalue weighted by atomic mass is 19.4. The van der Waals surface area contributed by atoms with Crippen LogP contribution in [0.2, 0.25) is 0 Å². The molecule has 1 spiro atoms. The van der Waals surface area contributed by atoms with Crippen molar-refractivity contribution in [2.45, 2.75) is 37.3 Å². The Morgan fingerprint density at radius 2 is 1.97 bits per heavy atom. The summed E-state index contributed by atoms with van der Waals surface area (Å²) in [6.45, 7) is 0.836. The number of carbonyl (C=O) groups is 1. The van der Waals surface area contributed by atoms with Crippen molar-refractivity contribution in [1.29, 1.82) is 0 Å². The quantitative estimate of drug-likeness (QED) is 0.766. The summed E-state index contributed by atoms with van der Waals surface area (Å²) in [5.41, 5.74) is 0.531. The minimum atomic E-state index is -4.56. The first kappa shape index (κ1) is 19.7. The van der Waals surface area contributed by atoms with E-state index in [2.05, 4.69) is 4.98 Å². The van der Waals surface area contributed by atoms with Crippen molar-refractivity contribution in [2.75, 3.05) is 32.1 Å². The zero-order valence-corrected chi connectivity index (χ0v) is 16.5. The minimum absolute atomic E-state index is 0.285. The molecule has 4 rings (SSSR count). The number of fused-ring (bicyclic) bond motifs is 2. The van der Waals surface area contributed by atoms with E-state index in [4.69, 9.17) is 4.98 Å². The molecule has 1 saturated heterocycles. The average Bonchev–Trinajstić information content (AvgIpc) is 3.04. The molecule has 1 aliphatic heterocycles. The molecule has 2 aromatic rings. The SMILES string of the molecule is CN(C)c1ncc2c(n1)C1(CCCN(C(=O)c3ccccc3C(F)(F)F)C1)CC2. The Balaban J connectivity index is 1.66. The van der Waals surface area contributed by atoms with Gasteiger partial charge < -0.3 is 9.80 Å². The topological polar surface area (TPSA) is 49.3 Å². The summed E-state index contributed by atoms with van der Waals surface area (Å²) in [5, 5.41) is 0. The van der Waals surface area contributed by atoms with Gasteiger partial charge in [-0.1, -0.05) is 12.1 Å². The lowest BCUT2D eigenvalue weighted by molar-refractivity contribution is -0.138. The lowest BCUT2D eigenvalue weighted by Gasteiger charge is -2.41. The number of hydrogen-bond acceptors (Lipinski definition) is 4. The van der Waals surface area contributed by atoms with Gasteiger partial charge in [-0.2, -0.15) is 13.2 Å². The van der Waals surface area contributed by atoms with E-state index in [1.54, 1.807) is 4.90 Å². The van der Waals surface area contributed by atoms with E-state index in [0.717, 1.165) is 43.0 Å². The van der Waals surface area contributed by atoms with E-state index in [-0.39, 0.29) is 11.0 Å². The van der Waals surface area contributed by atoms with Gasteiger partial charge in [0.1, 0.15) is 0 Å². The van der Waals surface area contributed by atoms with Crippen LogP contribution in [0.15, 0.2) is 30.5 Å². The van der Waals surface area contributed by atoms with Gasteiger partial charge in [0.05, 0.1) is 16.8 Å². The largest absolute Gasteiger partial charge is 0.417 e. The number of aryl methyl sites for hydroxylation is 1. The van der Waals surface area contributed by atoms with E-state index < -0.39 is 17.6 Å². The second-order valence-electron chi connectivity index (χ2n) is 8.09. The molecule has 1 atom stereocenters. The van der Waals surface area contributed by atoms with Gasteiger partial charge in [-0.15, -0.1) is 0 Å². The lowest BCUT2D eigenvalue weighted by atomic mass is 9.77. The monoisotopic (exact) mass is 404 g/mol. The average molecular weight is 404 g/mol. The van der Waals surface area contributed by atoms with Gasteiger partial charge in [0.25, 0.3) is 5.91 Å². The molecule has 154 valence electrons. The number of piperidine rings is 1. The van der Waals surface area contributed by atoms with Crippen LogP contribution in [0.1, 0.15) is 46.4 Å². The van der Waals surface area contributed by atoms with Crippen LogP contribution < -0.4 is 4.90 Å². The highest BCUT2D eigenvalue weighted by Crippen LogP contribution is 2.44. The molecule has 1 amide bonds. The molecular weight excluding hydrogens is 381 g/mol. The van der Waals surface area contributed by atoms with Crippen LogP contribution in [0.5, 0.6) is 0 Å². The normalized spacial score (nSPS) is 21.3. The molecule has 1 aromatic carbocycles. The Bertz CT molecular complexity index is 940. The van der Waals surface area contributed by atoms with Crippen LogP contribution in [0.25, 0.3) is 0 Å². The Hall–Kier alpha value is -2.64. The molecule has 1 unspecified atom stereocenters. The molecule has 0 radical (unpaired) electrons. The fourth-order valence-corrected chi connectivity index (χ4v) is 4.54. The third-order valence-electron chi connectivity index (χ3n) is 5.95. The Morgan fingerprint density at radius 1 is 1.21 bits per heavy atom. The summed E-state index contributed by atoms with van der Waals surface area (Å²) in [7, 11) is 3.74. The van der Waals surface area contributed by atoms with Crippen LogP contribution >= 0.6 is 0 Å². The summed E-state index contributed by atoms with van der Waals surface area (Å²) in [5.74, 6) is 0.0447. The molecule has 0 saturated carbocycles. The fraction of sp³-hybridized carbons (Fsp3) is 0.476. The lowest BCUT2D eigenvalue weighted by Crippen LogP contribution is -2.48. The smallest absolute Gasteiger partial charge is 0.347 e. The molecule has 0 N–H and O–H groups in total. The van der Waals surface area contributed by atoms with Crippen molar-refractivity contribution in [2.24, 2.45) is 0 Å². The predicted molar refractivity (Wildman–Crippen MR) is 103 cm³/mol. The Kier molecular flexibility index (Phi) is 4.75. The van der Waals surface area contributed by atoms with Gasteiger partial charge in [0, 0.05) is 38.8 Å². The van der Waals surface area contributed by atoms with E-state index in [1.807, 2.05) is 25.2 Å².